The predicted octanol–water partition coefficient (Wildman–Crippen LogP) is 2.70. The molecule has 2 aromatic carbocycles. The second-order valence-corrected chi connectivity index (χ2v) is 6.95. The number of hydrogen-bond donors (Lipinski definition) is 1. The van der Waals surface area contributed by atoms with Gasteiger partial charge in [0.15, 0.2) is 5.69 Å². The normalized spacial score (nSPS) is 29.3. The van der Waals surface area contributed by atoms with E-state index in [1.807, 2.05) is 0 Å². The van der Waals surface area contributed by atoms with Crippen molar-refractivity contribution in [2.45, 2.75) is 25.5 Å². The maximum Gasteiger partial charge on any atom is 0.277 e. The predicted molar refractivity (Wildman–Crippen MR) is 127 cm³/mol. The van der Waals surface area contributed by atoms with Crippen LogP contribution in [0.1, 0.15) is 64.8 Å². The largest absolute Gasteiger partial charge is 0.497 e. The number of fused-ring (bicyclic) bond motifs is 1. The van der Waals surface area contributed by atoms with Crippen LogP contribution in [0.4, 0.5) is 11.4 Å². The quantitative estimate of drug-likeness (QED) is 0.613. The first kappa shape index (κ1) is 10.9. The van der Waals surface area contributed by atoms with E-state index in [4.69, 9.17) is 29.7 Å². The highest BCUT2D eigenvalue weighted by Gasteiger charge is 2.34. The molecule has 5 rings (SSSR count). The number of rotatable bonds is 5. The lowest BCUT2D eigenvalue weighted by Crippen LogP contribution is -2.39. The maximum absolute atomic E-state index is 14.2. The molecule has 0 unspecified atom stereocenters. The number of anilines is 2. The van der Waals surface area contributed by atoms with Crippen LogP contribution >= 0.6 is 0 Å². The van der Waals surface area contributed by atoms with E-state index in [-0.39, 0.29) is 21.1 Å². The number of aromatic nitrogens is 2. The third kappa shape index (κ3) is 3.68. The van der Waals surface area contributed by atoms with Gasteiger partial charge in [0.1, 0.15) is 11.4 Å². The Morgan fingerprint density at radius 1 is 1.03 bits per heavy atom. The van der Waals surface area contributed by atoms with Crippen molar-refractivity contribution in [2.24, 2.45) is 5.73 Å². The van der Waals surface area contributed by atoms with Crippen molar-refractivity contribution in [1.82, 2.24) is 9.78 Å². The van der Waals surface area contributed by atoms with Crippen molar-refractivity contribution in [2.75, 3.05) is 29.9 Å². The minimum atomic E-state index is -3.81. The van der Waals surface area contributed by atoms with Crippen molar-refractivity contribution >= 4 is 29.1 Å². The second kappa shape index (κ2) is 8.66. The lowest BCUT2D eigenvalue weighted by atomic mass is 10.0. The zero-order valence-electron chi connectivity index (χ0n) is 31.5. The SMILES string of the molecule is [2H]c1c([2H])c(N2C(=O)C([2H])([2H])C([2H])([2H])C([2H])([2H])C2([2H])[2H])c([2H])c([2H])c1N1C(=O)c2c(c(C(N)=O)nn2-c2ccc(OC)cc2)CC1([2H])[2H]. The highest BCUT2D eigenvalue weighted by atomic mass is 16.5. The van der Waals surface area contributed by atoms with Crippen molar-refractivity contribution in [3.8, 4) is 11.4 Å². The number of primary amides is 1. The Labute approximate surface area is 216 Å². The van der Waals surface area contributed by atoms with Gasteiger partial charge in [-0.05, 0) is 67.6 Å². The number of methoxy groups -OCH3 is 1. The van der Waals surface area contributed by atoms with Crippen molar-refractivity contribution < 1.29 is 38.3 Å². The van der Waals surface area contributed by atoms with Crippen molar-refractivity contribution in [1.29, 1.82) is 0 Å². The lowest BCUT2D eigenvalue weighted by Gasteiger charge is -2.29. The molecule has 0 aliphatic carbocycles. The van der Waals surface area contributed by atoms with Crippen LogP contribution in [0.2, 0.25) is 0 Å². The third-order valence-corrected chi connectivity index (χ3v) is 5.00. The summed E-state index contributed by atoms with van der Waals surface area (Å²) in [6.45, 7) is -6.67. The minimum absolute atomic E-state index is 0.180. The van der Waals surface area contributed by atoms with Gasteiger partial charge in [0, 0.05) is 47.3 Å². The molecule has 1 fully saturated rings. The molecule has 1 aromatic heterocycles. The number of ether oxygens (including phenoxy) is 1. The number of carbonyl (C=O) groups is 3. The van der Waals surface area contributed by atoms with Gasteiger partial charge in [-0.2, -0.15) is 5.10 Å². The molecule has 0 radical (unpaired) electrons. The topological polar surface area (TPSA) is 111 Å². The first-order valence-corrected chi connectivity index (χ1v) is 9.75. The molecule has 2 N–H and O–H groups in total. The molecule has 3 amide bonds. The third-order valence-electron chi connectivity index (χ3n) is 5.00. The molecule has 9 heteroatoms. The molecule has 0 bridgehead atoms. The zero-order chi connectivity index (χ0) is 36.3. The molecule has 0 saturated carbocycles. The maximum atomic E-state index is 14.2. The summed E-state index contributed by atoms with van der Waals surface area (Å²) in [4.78, 5) is 39.7. The summed E-state index contributed by atoms with van der Waals surface area (Å²) in [5.74, 6) is -4.03. The Hall–Kier alpha value is -4.14. The van der Waals surface area contributed by atoms with Gasteiger partial charge in [0.05, 0.1) is 21.0 Å². The van der Waals surface area contributed by atoms with Gasteiger partial charge in [-0.3, -0.25) is 14.4 Å². The van der Waals surface area contributed by atoms with E-state index >= 15 is 0 Å². The van der Waals surface area contributed by atoms with E-state index in [0.717, 1.165) is 4.68 Å². The summed E-state index contributed by atoms with van der Waals surface area (Å²) in [7, 11) is 1.41. The fourth-order valence-electron chi connectivity index (χ4n) is 3.42. The summed E-state index contributed by atoms with van der Waals surface area (Å²) < 4.78 is 123. The summed E-state index contributed by atoms with van der Waals surface area (Å²) >= 11 is 0. The highest BCUT2D eigenvalue weighted by molar-refractivity contribution is 6.09. The van der Waals surface area contributed by atoms with Crippen LogP contribution in [0, 0.1) is 0 Å². The van der Waals surface area contributed by atoms with Crippen LogP contribution < -0.4 is 20.3 Å². The molecule has 2 aliphatic heterocycles. The first-order chi connectivity index (χ1) is 21.9. The first-order valence-electron chi connectivity index (χ1n) is 16.8. The summed E-state index contributed by atoms with van der Waals surface area (Å²) in [5.41, 5.74) is 2.29. The van der Waals surface area contributed by atoms with Crippen LogP contribution in [-0.2, 0) is 11.2 Å². The fraction of sp³-hybridized carbons (Fsp3) is 0.280. The van der Waals surface area contributed by atoms with Crippen molar-refractivity contribution in [3.63, 3.8) is 0 Å². The van der Waals surface area contributed by atoms with Gasteiger partial charge in [-0.1, -0.05) is 0 Å². The molecule has 174 valence electrons. The Balaban J connectivity index is 1.75. The smallest absolute Gasteiger partial charge is 0.277 e. The van der Waals surface area contributed by atoms with Crippen molar-refractivity contribution in [3.05, 3.63) is 65.4 Å². The summed E-state index contributed by atoms with van der Waals surface area (Å²) in [5, 5.41) is 4.11. The molecule has 3 aromatic rings. The van der Waals surface area contributed by atoms with Crippen LogP contribution in [0.3, 0.4) is 0 Å². The number of nitrogens with two attached hydrogens (primary N) is 1. The molecule has 3 heterocycles. The Bertz CT molecular complexity index is 1880. The fourth-order valence-corrected chi connectivity index (χ4v) is 3.42. The molecule has 1 saturated heterocycles. The van der Waals surface area contributed by atoms with Crippen LogP contribution in [0.5, 0.6) is 5.75 Å². The molecular weight excluding hydrogens is 434 g/mol. The average molecular weight is 474 g/mol. The number of benzene rings is 2. The number of amides is 3. The Morgan fingerprint density at radius 2 is 1.71 bits per heavy atom. The van der Waals surface area contributed by atoms with Gasteiger partial charge in [0.25, 0.3) is 11.8 Å². The molecule has 0 atom stereocenters. The lowest BCUT2D eigenvalue weighted by molar-refractivity contribution is -0.119. The number of nitrogens with zero attached hydrogens (tertiary/aromatic N) is 4. The Kier molecular flexibility index (Phi) is 2.77. The van der Waals surface area contributed by atoms with E-state index in [0.29, 0.717) is 5.75 Å². The highest BCUT2D eigenvalue weighted by Crippen LogP contribution is 2.31. The number of piperidine rings is 1. The van der Waals surface area contributed by atoms with Crippen LogP contribution in [-0.4, -0.2) is 47.6 Å². The van der Waals surface area contributed by atoms with E-state index in [9.17, 15) is 14.4 Å². The van der Waals surface area contributed by atoms with Gasteiger partial charge >= 0.3 is 0 Å². The number of hydrogen-bond acceptors (Lipinski definition) is 5. The van der Waals surface area contributed by atoms with E-state index in [1.54, 1.807) is 0 Å². The molecule has 9 nitrogen and oxygen atoms in total. The minimum Gasteiger partial charge on any atom is -0.497 e. The van der Waals surface area contributed by atoms with Crippen LogP contribution in [0.15, 0.2) is 48.4 Å². The summed E-state index contributed by atoms with van der Waals surface area (Å²) in [6.07, 6.45) is -12.1. The average Bonchev–Trinajstić information content (AvgIpc) is 3.37. The number of carbonyl (C=O) groups excluding carboxylic acids is 3. The molecule has 2 aliphatic rings. The van der Waals surface area contributed by atoms with Gasteiger partial charge in [-0.15, -0.1) is 0 Å². The standard InChI is InChI=1S/C25H25N5O4/c1-34-19-11-9-18(10-12-19)30-23-20(22(27-30)24(26)32)13-15-29(25(23)33)17-7-5-16(6-8-17)28-14-3-2-4-21(28)31/h5-12H,2-4,13-15H2,1H3,(H2,26,32)/i2D2,3D2,4D2,5D,6D,7D,8D,14D2,15D2. The van der Waals surface area contributed by atoms with E-state index in [2.05, 4.69) is 5.10 Å². The molecular formula is C25H25N5O4. The Morgan fingerprint density at radius 3 is 2.35 bits per heavy atom. The zero-order valence-corrected chi connectivity index (χ0v) is 17.5. The van der Waals surface area contributed by atoms with E-state index in [1.165, 1.54) is 31.4 Å². The van der Waals surface area contributed by atoms with E-state index < -0.39 is 103 Å². The molecule has 34 heavy (non-hydrogen) atoms. The monoisotopic (exact) mass is 473 g/mol. The second-order valence-electron chi connectivity index (χ2n) is 6.95. The van der Waals surface area contributed by atoms with Gasteiger partial charge in [0.2, 0.25) is 5.91 Å². The van der Waals surface area contributed by atoms with Gasteiger partial charge < -0.3 is 20.3 Å². The van der Waals surface area contributed by atoms with Crippen LogP contribution in [0.25, 0.3) is 5.69 Å². The van der Waals surface area contributed by atoms with Gasteiger partial charge in [-0.25, -0.2) is 4.68 Å². The summed E-state index contributed by atoms with van der Waals surface area (Å²) in [6, 6.07) is 0.871. The molecule has 0 spiro atoms.